The second-order valence-electron chi connectivity index (χ2n) is 11.2. The molecular formula is C33H41NO3Si. The van der Waals surface area contributed by atoms with E-state index in [1.165, 1.54) is 11.1 Å². The summed E-state index contributed by atoms with van der Waals surface area (Å²) in [6.45, 7) is 14.9. The van der Waals surface area contributed by atoms with Gasteiger partial charge in [0.25, 0.3) is 0 Å². The molecular weight excluding hydrogens is 486 g/mol. The molecule has 0 unspecified atom stereocenters. The van der Waals surface area contributed by atoms with Crippen molar-refractivity contribution in [3.8, 4) is 11.8 Å². The molecule has 0 aromatic heterocycles. The van der Waals surface area contributed by atoms with Crippen LogP contribution in [0.2, 0.25) is 18.1 Å². The fourth-order valence-electron chi connectivity index (χ4n) is 3.80. The predicted octanol–water partition coefficient (Wildman–Crippen LogP) is 7.21. The average Bonchev–Trinajstić information content (AvgIpc) is 2.90. The number of esters is 1. The van der Waals surface area contributed by atoms with Gasteiger partial charge in [-0.1, -0.05) is 118 Å². The SMILES string of the molecule is C[C@@H]([C@@H](C#CC(=O)OCc1ccccc1)O[Si](C)(C)C(C)(C)C)N(Cc1ccccc1)Cc1ccccc1. The van der Waals surface area contributed by atoms with Crippen LogP contribution in [-0.2, 0) is 33.7 Å². The average molecular weight is 528 g/mol. The molecule has 0 fully saturated rings. The second kappa shape index (κ2) is 13.6. The van der Waals surface area contributed by atoms with Gasteiger partial charge in [-0.05, 0) is 41.7 Å². The van der Waals surface area contributed by atoms with Crippen molar-refractivity contribution in [2.24, 2.45) is 0 Å². The Balaban J connectivity index is 1.87. The Kier molecular flexibility index (Phi) is 10.5. The Morgan fingerprint density at radius 1 is 0.816 bits per heavy atom. The summed E-state index contributed by atoms with van der Waals surface area (Å²) in [5.41, 5.74) is 3.37. The number of benzene rings is 3. The molecule has 0 radical (unpaired) electrons. The van der Waals surface area contributed by atoms with E-state index in [1.54, 1.807) is 0 Å². The summed E-state index contributed by atoms with van der Waals surface area (Å²) in [7, 11) is -2.19. The molecule has 3 rings (SSSR count). The van der Waals surface area contributed by atoms with E-state index in [9.17, 15) is 4.79 Å². The smallest absolute Gasteiger partial charge is 0.384 e. The van der Waals surface area contributed by atoms with Crippen LogP contribution in [0.3, 0.4) is 0 Å². The van der Waals surface area contributed by atoms with Gasteiger partial charge >= 0.3 is 5.97 Å². The van der Waals surface area contributed by atoms with Crippen LogP contribution in [0.25, 0.3) is 0 Å². The van der Waals surface area contributed by atoms with Crippen molar-refractivity contribution >= 4 is 14.3 Å². The molecule has 0 N–H and O–H groups in total. The van der Waals surface area contributed by atoms with Gasteiger partial charge in [0.15, 0.2) is 8.32 Å². The molecule has 38 heavy (non-hydrogen) atoms. The van der Waals surface area contributed by atoms with Crippen LogP contribution in [0.4, 0.5) is 0 Å². The molecule has 0 aliphatic rings. The molecule has 0 heterocycles. The quantitative estimate of drug-likeness (QED) is 0.121. The number of nitrogens with zero attached hydrogens (tertiary/aromatic N) is 1. The van der Waals surface area contributed by atoms with E-state index in [4.69, 9.17) is 9.16 Å². The van der Waals surface area contributed by atoms with Crippen LogP contribution >= 0.6 is 0 Å². The van der Waals surface area contributed by atoms with Crippen molar-refractivity contribution in [2.75, 3.05) is 0 Å². The van der Waals surface area contributed by atoms with Gasteiger partial charge in [-0.15, -0.1) is 0 Å². The van der Waals surface area contributed by atoms with Gasteiger partial charge in [0.05, 0.1) is 0 Å². The molecule has 0 amide bonds. The topological polar surface area (TPSA) is 38.8 Å². The van der Waals surface area contributed by atoms with E-state index < -0.39 is 20.4 Å². The lowest BCUT2D eigenvalue weighted by molar-refractivity contribution is -0.137. The first-order valence-electron chi connectivity index (χ1n) is 13.3. The highest BCUT2D eigenvalue weighted by molar-refractivity contribution is 6.74. The zero-order valence-electron chi connectivity index (χ0n) is 23.6. The van der Waals surface area contributed by atoms with E-state index in [0.717, 1.165) is 18.7 Å². The monoisotopic (exact) mass is 527 g/mol. The van der Waals surface area contributed by atoms with E-state index in [2.05, 4.69) is 106 Å². The van der Waals surface area contributed by atoms with E-state index in [-0.39, 0.29) is 17.7 Å². The Morgan fingerprint density at radius 2 is 1.26 bits per heavy atom. The maximum Gasteiger partial charge on any atom is 0.384 e. The maximum absolute atomic E-state index is 12.6. The van der Waals surface area contributed by atoms with E-state index in [1.807, 2.05) is 42.5 Å². The summed E-state index contributed by atoms with van der Waals surface area (Å²) in [5, 5.41) is 0.00413. The van der Waals surface area contributed by atoms with Crippen molar-refractivity contribution in [1.29, 1.82) is 0 Å². The van der Waals surface area contributed by atoms with Crippen molar-refractivity contribution in [2.45, 2.75) is 77.7 Å². The number of rotatable bonds is 10. The standard InChI is InChI=1S/C33H41NO3Si/c1-27(34(24-28-16-10-7-11-17-28)25-29-18-12-8-13-19-29)31(37-38(5,6)33(2,3)4)22-23-32(35)36-26-30-20-14-9-15-21-30/h7-21,27,31H,24-26H2,1-6H3/t27-,31+/m0/s1. The third-order valence-corrected chi connectivity index (χ3v) is 11.7. The molecule has 4 nitrogen and oxygen atoms in total. The van der Waals surface area contributed by atoms with Gasteiger partial charge < -0.3 is 9.16 Å². The van der Waals surface area contributed by atoms with Crippen LogP contribution in [0.15, 0.2) is 91.0 Å². The third-order valence-electron chi connectivity index (χ3n) is 7.23. The maximum atomic E-state index is 12.6. The van der Waals surface area contributed by atoms with Gasteiger partial charge in [-0.25, -0.2) is 4.79 Å². The van der Waals surface area contributed by atoms with Gasteiger partial charge in [0, 0.05) is 25.1 Å². The van der Waals surface area contributed by atoms with Gasteiger partial charge in [0.2, 0.25) is 0 Å². The summed E-state index contributed by atoms with van der Waals surface area (Å²) in [4.78, 5) is 15.0. The molecule has 5 heteroatoms. The lowest BCUT2D eigenvalue weighted by Gasteiger charge is -2.41. The highest BCUT2D eigenvalue weighted by Crippen LogP contribution is 2.38. The summed E-state index contributed by atoms with van der Waals surface area (Å²) in [6, 6.07) is 30.4. The lowest BCUT2D eigenvalue weighted by Crippen LogP contribution is -2.50. The number of hydrogen-bond acceptors (Lipinski definition) is 4. The molecule has 2 atom stereocenters. The van der Waals surface area contributed by atoms with Crippen LogP contribution < -0.4 is 0 Å². The Labute approximate surface area is 230 Å². The van der Waals surface area contributed by atoms with Crippen molar-refractivity contribution < 1.29 is 14.0 Å². The second-order valence-corrected chi connectivity index (χ2v) is 16.0. The number of carbonyl (C=O) groups excluding carboxylic acids is 1. The molecule has 200 valence electrons. The van der Waals surface area contributed by atoms with Gasteiger partial charge in [-0.2, -0.15) is 0 Å². The van der Waals surface area contributed by atoms with Crippen LogP contribution in [0.1, 0.15) is 44.4 Å². The fraction of sp³-hybridized carbons (Fsp3) is 0.364. The first-order chi connectivity index (χ1) is 18.0. The molecule has 3 aromatic carbocycles. The zero-order valence-corrected chi connectivity index (χ0v) is 24.6. The van der Waals surface area contributed by atoms with E-state index in [0.29, 0.717) is 0 Å². The number of carbonyl (C=O) groups is 1. The minimum absolute atomic E-state index is 0.00413. The molecule has 0 spiro atoms. The minimum atomic E-state index is -2.19. The largest absolute Gasteiger partial charge is 0.451 e. The van der Waals surface area contributed by atoms with Crippen LogP contribution in [0.5, 0.6) is 0 Å². The Hall–Kier alpha value is -3.17. The van der Waals surface area contributed by atoms with Crippen molar-refractivity contribution in [1.82, 2.24) is 4.90 Å². The van der Waals surface area contributed by atoms with Gasteiger partial charge in [0.1, 0.15) is 12.7 Å². The van der Waals surface area contributed by atoms with Crippen molar-refractivity contribution in [3.63, 3.8) is 0 Å². The summed E-state index contributed by atoms with van der Waals surface area (Å²) in [6.07, 6.45) is -0.451. The molecule has 0 aliphatic carbocycles. The summed E-state index contributed by atoms with van der Waals surface area (Å²) in [5.74, 6) is 5.39. The minimum Gasteiger partial charge on any atom is -0.451 e. The van der Waals surface area contributed by atoms with Gasteiger partial charge in [-0.3, -0.25) is 4.90 Å². The normalized spacial score (nSPS) is 13.3. The molecule has 3 aromatic rings. The summed E-state index contributed by atoms with van der Waals surface area (Å²) >= 11 is 0. The van der Waals surface area contributed by atoms with Crippen LogP contribution in [-0.4, -0.2) is 31.3 Å². The summed E-state index contributed by atoms with van der Waals surface area (Å²) < 4.78 is 12.3. The number of hydrogen-bond donors (Lipinski definition) is 0. The predicted molar refractivity (Wildman–Crippen MR) is 158 cm³/mol. The zero-order chi connectivity index (χ0) is 27.6. The highest BCUT2D eigenvalue weighted by Gasteiger charge is 2.40. The highest BCUT2D eigenvalue weighted by atomic mass is 28.4. The first kappa shape index (κ1) is 29.4. The Bertz CT molecular complexity index is 1150. The first-order valence-corrected chi connectivity index (χ1v) is 16.2. The number of ether oxygens (including phenoxy) is 1. The third kappa shape index (κ3) is 8.99. The van der Waals surface area contributed by atoms with E-state index >= 15 is 0 Å². The molecule has 0 aliphatic heterocycles. The molecule has 0 saturated heterocycles. The van der Waals surface area contributed by atoms with Crippen LogP contribution in [0, 0.1) is 11.8 Å². The lowest BCUT2D eigenvalue weighted by atomic mass is 10.1. The van der Waals surface area contributed by atoms with Crippen molar-refractivity contribution in [3.05, 3.63) is 108 Å². The fourth-order valence-corrected chi connectivity index (χ4v) is 5.05. The Morgan fingerprint density at radius 3 is 1.71 bits per heavy atom. The molecule has 0 saturated carbocycles. The molecule has 0 bridgehead atoms.